The van der Waals surface area contributed by atoms with Crippen LogP contribution in [-0.2, 0) is 16.4 Å². The fraction of sp³-hybridized carbons (Fsp3) is 0.158. The van der Waals surface area contributed by atoms with Gasteiger partial charge in [0.2, 0.25) is 10.0 Å². The summed E-state index contributed by atoms with van der Waals surface area (Å²) in [5.41, 5.74) is 1.86. The summed E-state index contributed by atoms with van der Waals surface area (Å²) in [6, 6.07) is 8.56. The molecule has 0 saturated carbocycles. The number of hydrogen-bond acceptors (Lipinski definition) is 2. The van der Waals surface area contributed by atoms with Crippen molar-refractivity contribution in [1.82, 2.24) is 9.71 Å². The fourth-order valence-corrected chi connectivity index (χ4v) is 4.57. The third-order valence-electron chi connectivity index (χ3n) is 4.18. The number of nitrogens with one attached hydrogen (secondary N) is 2. The molecular weight excluding hydrogens is 438 g/mol. The van der Waals surface area contributed by atoms with E-state index in [4.69, 9.17) is 0 Å². The lowest BCUT2D eigenvalue weighted by Gasteiger charge is -2.17. The molecule has 4 nitrogen and oxygen atoms in total. The van der Waals surface area contributed by atoms with Gasteiger partial charge in [-0.25, -0.2) is 21.9 Å². The normalized spacial score (nSPS) is 13.0. The number of aromatic nitrogens is 1. The predicted octanol–water partition coefficient (Wildman–Crippen LogP) is 4.67. The van der Waals surface area contributed by atoms with Crippen molar-refractivity contribution in [3.63, 3.8) is 0 Å². The number of rotatable bonds is 7. The van der Waals surface area contributed by atoms with Crippen molar-refractivity contribution in [3.8, 4) is 0 Å². The molecular formula is C19H17BrF2N2O2S. The molecule has 3 aromatic rings. The minimum absolute atomic E-state index is 0.139. The Bertz CT molecular complexity index is 1100. The van der Waals surface area contributed by atoms with E-state index in [0.29, 0.717) is 18.9 Å². The molecule has 2 aromatic carbocycles. The maximum Gasteiger partial charge on any atom is 0.243 e. The largest absolute Gasteiger partial charge is 0.361 e. The predicted molar refractivity (Wildman–Crippen MR) is 105 cm³/mol. The number of hydrogen-bond donors (Lipinski definition) is 2. The first-order chi connectivity index (χ1) is 12.8. The zero-order valence-corrected chi connectivity index (χ0v) is 16.6. The van der Waals surface area contributed by atoms with Crippen LogP contribution >= 0.6 is 15.9 Å². The number of sulfonamides is 1. The van der Waals surface area contributed by atoms with Crippen molar-refractivity contribution in [2.45, 2.75) is 23.8 Å². The van der Waals surface area contributed by atoms with E-state index in [-0.39, 0.29) is 4.47 Å². The van der Waals surface area contributed by atoms with E-state index in [1.54, 1.807) is 6.08 Å². The Labute approximate surface area is 164 Å². The van der Waals surface area contributed by atoms with Gasteiger partial charge in [0.05, 0.1) is 4.47 Å². The molecule has 0 spiro atoms. The Hall–Kier alpha value is -2.03. The van der Waals surface area contributed by atoms with Crippen molar-refractivity contribution >= 4 is 36.9 Å². The molecule has 1 aromatic heterocycles. The topological polar surface area (TPSA) is 62.0 Å². The zero-order valence-electron chi connectivity index (χ0n) is 14.2. The van der Waals surface area contributed by atoms with E-state index in [2.05, 4.69) is 32.2 Å². The average molecular weight is 455 g/mol. The molecule has 142 valence electrons. The van der Waals surface area contributed by atoms with E-state index < -0.39 is 32.6 Å². The highest BCUT2D eigenvalue weighted by atomic mass is 79.9. The van der Waals surface area contributed by atoms with Crippen molar-refractivity contribution in [3.05, 3.63) is 76.9 Å². The minimum Gasteiger partial charge on any atom is -0.361 e. The van der Waals surface area contributed by atoms with Gasteiger partial charge in [-0.05, 0) is 52.5 Å². The summed E-state index contributed by atoms with van der Waals surface area (Å²) in [6.45, 7) is 3.66. The van der Waals surface area contributed by atoms with Crippen molar-refractivity contribution in [2.24, 2.45) is 0 Å². The van der Waals surface area contributed by atoms with Gasteiger partial charge < -0.3 is 4.98 Å². The molecule has 0 saturated heterocycles. The summed E-state index contributed by atoms with van der Waals surface area (Å²) >= 11 is 2.84. The van der Waals surface area contributed by atoms with Crippen LogP contribution in [0.4, 0.5) is 8.78 Å². The van der Waals surface area contributed by atoms with E-state index in [0.717, 1.165) is 22.5 Å². The van der Waals surface area contributed by atoms with Crippen molar-refractivity contribution < 1.29 is 17.2 Å². The lowest BCUT2D eigenvalue weighted by Crippen LogP contribution is -2.36. The highest BCUT2D eigenvalue weighted by Crippen LogP contribution is 2.24. The van der Waals surface area contributed by atoms with Gasteiger partial charge in [0, 0.05) is 23.1 Å². The Balaban J connectivity index is 1.89. The highest BCUT2D eigenvalue weighted by molar-refractivity contribution is 9.10. The Morgan fingerprint density at radius 1 is 1.22 bits per heavy atom. The van der Waals surface area contributed by atoms with Crippen LogP contribution in [0.1, 0.15) is 12.0 Å². The first kappa shape index (κ1) is 19.7. The lowest BCUT2D eigenvalue weighted by atomic mass is 10.0. The molecule has 2 N–H and O–H groups in total. The van der Waals surface area contributed by atoms with E-state index in [1.807, 2.05) is 30.5 Å². The monoisotopic (exact) mass is 454 g/mol. The summed E-state index contributed by atoms with van der Waals surface area (Å²) in [4.78, 5) is 2.41. The highest BCUT2D eigenvalue weighted by Gasteiger charge is 2.25. The second-order valence-electron chi connectivity index (χ2n) is 6.10. The maximum atomic E-state index is 14.1. The average Bonchev–Trinajstić information content (AvgIpc) is 3.01. The molecule has 0 radical (unpaired) electrons. The molecule has 0 fully saturated rings. The molecule has 27 heavy (non-hydrogen) atoms. The Morgan fingerprint density at radius 3 is 2.70 bits per heavy atom. The first-order valence-corrected chi connectivity index (χ1v) is 10.4. The maximum absolute atomic E-state index is 14.1. The number of aromatic amines is 1. The van der Waals surface area contributed by atoms with Crippen molar-refractivity contribution in [1.29, 1.82) is 0 Å². The van der Waals surface area contributed by atoms with Gasteiger partial charge in [-0.15, -0.1) is 6.58 Å². The lowest BCUT2D eigenvalue weighted by molar-refractivity contribution is 0.526. The number of H-pyrrole nitrogens is 1. The van der Waals surface area contributed by atoms with Crippen LogP contribution in [0, 0.1) is 11.6 Å². The van der Waals surface area contributed by atoms with Gasteiger partial charge >= 0.3 is 0 Å². The zero-order chi connectivity index (χ0) is 19.6. The third-order valence-corrected chi connectivity index (χ3v) is 6.32. The van der Waals surface area contributed by atoms with Crippen molar-refractivity contribution in [2.75, 3.05) is 0 Å². The molecule has 0 bridgehead atoms. The summed E-state index contributed by atoms with van der Waals surface area (Å²) in [5, 5.41) is 0.978. The van der Waals surface area contributed by atoms with Crippen LogP contribution in [0.25, 0.3) is 10.9 Å². The molecule has 0 unspecified atom stereocenters. The molecule has 1 atom stereocenters. The molecule has 0 aliphatic heterocycles. The second-order valence-corrected chi connectivity index (χ2v) is 8.64. The fourth-order valence-electron chi connectivity index (χ4n) is 2.93. The van der Waals surface area contributed by atoms with Crippen LogP contribution in [0.2, 0.25) is 0 Å². The minimum atomic E-state index is -4.25. The van der Waals surface area contributed by atoms with Gasteiger partial charge in [-0.2, -0.15) is 0 Å². The van der Waals surface area contributed by atoms with Gasteiger partial charge in [0.1, 0.15) is 16.5 Å². The SMILES string of the molecule is C=CC[C@@H](Cc1c[nH]c2ccccc12)NS(=O)(=O)c1cc(F)c(Br)cc1F. The summed E-state index contributed by atoms with van der Waals surface area (Å²) in [6.07, 6.45) is 4.10. The van der Waals surface area contributed by atoms with Crippen LogP contribution in [0.3, 0.4) is 0 Å². The van der Waals surface area contributed by atoms with Crippen LogP contribution in [0.15, 0.2) is 64.6 Å². The summed E-state index contributed by atoms with van der Waals surface area (Å²) in [5.74, 6) is -1.88. The summed E-state index contributed by atoms with van der Waals surface area (Å²) < 4.78 is 55.4. The quantitative estimate of drug-likeness (QED) is 0.402. The molecule has 0 aliphatic rings. The van der Waals surface area contributed by atoms with Crippen LogP contribution in [0.5, 0.6) is 0 Å². The van der Waals surface area contributed by atoms with E-state index in [9.17, 15) is 17.2 Å². The Morgan fingerprint density at radius 2 is 1.96 bits per heavy atom. The Kier molecular flexibility index (Phi) is 5.78. The molecule has 0 amide bonds. The first-order valence-electron chi connectivity index (χ1n) is 8.14. The standard InChI is InChI=1S/C19H17BrF2N2O2S/c1-2-5-13(8-12-11-23-18-7-4-3-6-14(12)18)24-27(25,26)19-10-16(21)15(20)9-17(19)22/h2-4,6-7,9-11,13,23-24H,1,5,8H2/t13-/m0/s1. The molecule has 1 heterocycles. The smallest absolute Gasteiger partial charge is 0.243 e. The van der Waals surface area contributed by atoms with E-state index in [1.165, 1.54) is 0 Å². The molecule has 8 heteroatoms. The van der Waals surface area contributed by atoms with Gasteiger partial charge in [-0.1, -0.05) is 24.3 Å². The number of fused-ring (bicyclic) bond motifs is 1. The number of halogens is 3. The number of benzene rings is 2. The van der Waals surface area contributed by atoms with E-state index >= 15 is 0 Å². The second kappa shape index (κ2) is 7.92. The summed E-state index contributed by atoms with van der Waals surface area (Å²) in [7, 11) is -4.25. The third kappa shape index (κ3) is 4.28. The van der Waals surface area contributed by atoms with Gasteiger partial charge in [0.25, 0.3) is 0 Å². The number of para-hydroxylation sites is 1. The molecule has 3 rings (SSSR count). The van der Waals surface area contributed by atoms with Gasteiger partial charge in [0.15, 0.2) is 0 Å². The van der Waals surface area contributed by atoms with Gasteiger partial charge in [-0.3, -0.25) is 0 Å². The molecule has 0 aliphatic carbocycles. The van der Waals surface area contributed by atoms with Crippen LogP contribution < -0.4 is 4.72 Å². The van der Waals surface area contributed by atoms with Crippen LogP contribution in [-0.4, -0.2) is 19.4 Å².